The van der Waals surface area contributed by atoms with E-state index < -0.39 is 0 Å². The second-order valence-corrected chi connectivity index (χ2v) is 4.85. The lowest BCUT2D eigenvalue weighted by atomic mass is 10.1. The van der Waals surface area contributed by atoms with Crippen molar-refractivity contribution >= 4 is 22.3 Å². The van der Waals surface area contributed by atoms with Crippen molar-refractivity contribution in [3.8, 4) is 0 Å². The molecule has 6 heteroatoms. The predicted molar refractivity (Wildman–Crippen MR) is 78.1 cm³/mol. The normalized spacial score (nSPS) is 16.1. The first-order valence-electron chi connectivity index (χ1n) is 6.75. The molecular formula is C14H16N4O2. The molecule has 20 heavy (non-hydrogen) atoms. The van der Waals surface area contributed by atoms with Gasteiger partial charge in [-0.3, -0.25) is 15.1 Å². The van der Waals surface area contributed by atoms with Crippen molar-refractivity contribution in [2.45, 2.75) is 6.42 Å². The molecule has 0 saturated carbocycles. The molecule has 1 aliphatic rings. The molecule has 0 aliphatic carbocycles. The summed E-state index contributed by atoms with van der Waals surface area (Å²) in [6.07, 6.45) is 2.64. The molecule has 0 spiro atoms. The van der Waals surface area contributed by atoms with Gasteiger partial charge in [0, 0.05) is 25.8 Å². The minimum absolute atomic E-state index is 0.164. The van der Waals surface area contributed by atoms with Crippen molar-refractivity contribution in [1.82, 2.24) is 10.3 Å². The molecular weight excluding hydrogens is 256 g/mol. The lowest BCUT2D eigenvalue weighted by molar-refractivity contribution is -0.382. The second-order valence-electron chi connectivity index (χ2n) is 4.85. The van der Waals surface area contributed by atoms with Crippen LogP contribution < -0.4 is 10.2 Å². The monoisotopic (exact) mass is 272 g/mol. The largest absolute Gasteiger partial charge is 0.365 e. The Hall–Kier alpha value is -2.21. The number of benzene rings is 1. The molecule has 3 rings (SSSR count). The maximum atomic E-state index is 11.5. The number of fused-ring (bicyclic) bond motifs is 1. The highest BCUT2D eigenvalue weighted by Gasteiger charge is 2.23. The number of hydrogen-bond donors (Lipinski definition) is 1. The van der Waals surface area contributed by atoms with Crippen molar-refractivity contribution in [2.75, 3.05) is 31.1 Å². The third kappa shape index (κ3) is 2.30. The first-order chi connectivity index (χ1) is 9.77. The Bertz CT molecular complexity index is 636. The van der Waals surface area contributed by atoms with E-state index in [9.17, 15) is 10.1 Å². The Balaban J connectivity index is 2.14. The topological polar surface area (TPSA) is 71.3 Å². The maximum absolute atomic E-state index is 11.5. The van der Waals surface area contributed by atoms with Crippen LogP contribution >= 0.6 is 0 Å². The summed E-state index contributed by atoms with van der Waals surface area (Å²) in [5.74, 6) is 0. The van der Waals surface area contributed by atoms with E-state index in [1.807, 2.05) is 12.1 Å². The molecule has 2 heterocycles. The van der Waals surface area contributed by atoms with Crippen LogP contribution in [0.4, 0.5) is 11.4 Å². The molecule has 1 saturated heterocycles. The van der Waals surface area contributed by atoms with Gasteiger partial charge in [-0.25, -0.2) is 0 Å². The number of rotatable bonds is 2. The van der Waals surface area contributed by atoms with Gasteiger partial charge in [0.1, 0.15) is 5.69 Å². The van der Waals surface area contributed by atoms with Crippen LogP contribution in [0.2, 0.25) is 0 Å². The van der Waals surface area contributed by atoms with Crippen molar-refractivity contribution in [2.24, 2.45) is 0 Å². The molecule has 0 unspecified atom stereocenters. The smallest absolute Gasteiger partial charge is 0.301 e. The SMILES string of the molecule is O=[N+]([O-])c1c(N2CCCNCC2)ccc2ncccc12. The Morgan fingerprint density at radius 2 is 2.15 bits per heavy atom. The second kappa shape index (κ2) is 5.42. The van der Waals surface area contributed by atoms with Gasteiger partial charge in [0.25, 0.3) is 0 Å². The quantitative estimate of drug-likeness (QED) is 0.668. The van der Waals surface area contributed by atoms with Crippen LogP contribution in [0, 0.1) is 10.1 Å². The van der Waals surface area contributed by atoms with E-state index in [0.29, 0.717) is 16.6 Å². The van der Waals surface area contributed by atoms with Crippen molar-refractivity contribution in [1.29, 1.82) is 0 Å². The standard InChI is InChI=1S/C14H16N4O2/c19-18(20)14-11-3-1-7-16-12(11)4-5-13(14)17-9-2-6-15-8-10-17/h1,3-5,7,15H,2,6,8-10H2. The van der Waals surface area contributed by atoms with Gasteiger partial charge in [-0.05, 0) is 37.2 Å². The summed E-state index contributed by atoms with van der Waals surface area (Å²) in [6, 6.07) is 7.18. The number of hydrogen-bond acceptors (Lipinski definition) is 5. The number of pyridine rings is 1. The minimum atomic E-state index is -0.294. The van der Waals surface area contributed by atoms with Crippen LogP contribution in [-0.2, 0) is 0 Å². The Labute approximate surface area is 116 Å². The lowest BCUT2D eigenvalue weighted by Gasteiger charge is -2.22. The Kier molecular flexibility index (Phi) is 3.47. The Morgan fingerprint density at radius 1 is 1.25 bits per heavy atom. The van der Waals surface area contributed by atoms with Crippen molar-refractivity contribution < 1.29 is 4.92 Å². The third-order valence-corrected chi connectivity index (χ3v) is 3.60. The minimum Gasteiger partial charge on any atom is -0.365 e. The number of nitro benzene ring substituents is 1. The van der Waals surface area contributed by atoms with Gasteiger partial charge in [0.05, 0.1) is 15.8 Å². The van der Waals surface area contributed by atoms with Crippen LogP contribution in [0.3, 0.4) is 0 Å². The first-order valence-corrected chi connectivity index (χ1v) is 6.75. The molecule has 1 aromatic carbocycles. The van der Waals surface area contributed by atoms with Crippen LogP contribution in [0.1, 0.15) is 6.42 Å². The van der Waals surface area contributed by atoms with E-state index in [2.05, 4.69) is 15.2 Å². The number of anilines is 1. The molecule has 6 nitrogen and oxygen atoms in total. The zero-order chi connectivity index (χ0) is 13.9. The van der Waals surface area contributed by atoms with E-state index in [4.69, 9.17) is 0 Å². The summed E-state index contributed by atoms with van der Waals surface area (Å²) in [4.78, 5) is 17.5. The molecule has 0 atom stereocenters. The number of nitrogens with zero attached hydrogens (tertiary/aromatic N) is 3. The molecule has 1 N–H and O–H groups in total. The predicted octanol–water partition coefficient (Wildman–Crippen LogP) is 1.94. The highest BCUT2D eigenvalue weighted by atomic mass is 16.6. The highest BCUT2D eigenvalue weighted by Crippen LogP contribution is 2.35. The number of aromatic nitrogens is 1. The van der Waals surface area contributed by atoms with Gasteiger partial charge < -0.3 is 10.2 Å². The fourth-order valence-electron chi connectivity index (χ4n) is 2.66. The molecule has 1 aliphatic heterocycles. The van der Waals surface area contributed by atoms with E-state index in [0.717, 1.165) is 32.6 Å². The fraction of sp³-hybridized carbons (Fsp3) is 0.357. The van der Waals surface area contributed by atoms with Crippen LogP contribution in [0.5, 0.6) is 0 Å². The summed E-state index contributed by atoms with van der Waals surface area (Å²) in [5, 5.41) is 15.4. The van der Waals surface area contributed by atoms with E-state index in [1.165, 1.54) is 0 Å². The number of nitrogens with one attached hydrogen (secondary N) is 1. The van der Waals surface area contributed by atoms with E-state index in [1.54, 1.807) is 18.3 Å². The lowest BCUT2D eigenvalue weighted by Crippen LogP contribution is -2.28. The summed E-state index contributed by atoms with van der Waals surface area (Å²) >= 11 is 0. The van der Waals surface area contributed by atoms with Gasteiger partial charge in [0.2, 0.25) is 0 Å². The van der Waals surface area contributed by atoms with Crippen molar-refractivity contribution in [3.05, 3.63) is 40.6 Å². The molecule has 1 aromatic heterocycles. The summed E-state index contributed by atoms with van der Waals surface area (Å²) in [5.41, 5.74) is 1.52. The van der Waals surface area contributed by atoms with Gasteiger partial charge in [-0.1, -0.05) is 0 Å². The van der Waals surface area contributed by atoms with Gasteiger partial charge in [-0.2, -0.15) is 0 Å². The molecule has 0 amide bonds. The van der Waals surface area contributed by atoms with E-state index >= 15 is 0 Å². The first kappa shape index (κ1) is 12.8. The van der Waals surface area contributed by atoms with Gasteiger partial charge >= 0.3 is 5.69 Å². The van der Waals surface area contributed by atoms with Crippen LogP contribution in [0.15, 0.2) is 30.5 Å². The fourth-order valence-corrected chi connectivity index (χ4v) is 2.66. The average molecular weight is 272 g/mol. The summed E-state index contributed by atoms with van der Waals surface area (Å²) in [6.45, 7) is 3.42. The Morgan fingerprint density at radius 3 is 3.00 bits per heavy atom. The molecule has 0 radical (unpaired) electrons. The van der Waals surface area contributed by atoms with Crippen LogP contribution in [-0.4, -0.2) is 36.1 Å². The molecule has 1 fully saturated rings. The number of nitro groups is 1. The molecule has 0 bridgehead atoms. The van der Waals surface area contributed by atoms with Crippen LogP contribution in [0.25, 0.3) is 10.9 Å². The highest BCUT2D eigenvalue weighted by molar-refractivity contribution is 5.94. The van der Waals surface area contributed by atoms with E-state index in [-0.39, 0.29) is 10.6 Å². The zero-order valence-electron chi connectivity index (χ0n) is 11.1. The summed E-state index contributed by atoms with van der Waals surface area (Å²) < 4.78 is 0. The third-order valence-electron chi connectivity index (χ3n) is 3.60. The molecule has 2 aromatic rings. The molecule has 104 valence electrons. The van der Waals surface area contributed by atoms with Crippen molar-refractivity contribution in [3.63, 3.8) is 0 Å². The zero-order valence-corrected chi connectivity index (χ0v) is 11.1. The summed E-state index contributed by atoms with van der Waals surface area (Å²) in [7, 11) is 0. The maximum Gasteiger partial charge on any atom is 0.301 e. The van der Waals surface area contributed by atoms with Gasteiger partial charge in [-0.15, -0.1) is 0 Å². The average Bonchev–Trinajstić information content (AvgIpc) is 2.74. The van der Waals surface area contributed by atoms with Gasteiger partial charge in [0.15, 0.2) is 0 Å².